The third-order valence-electron chi connectivity index (χ3n) is 2.91. The van der Waals surface area contributed by atoms with Crippen LogP contribution in [0.2, 0.25) is 0 Å². The number of benzene rings is 1. The summed E-state index contributed by atoms with van der Waals surface area (Å²) in [6, 6.07) is 7.04. The number of anilines is 1. The van der Waals surface area contributed by atoms with E-state index in [9.17, 15) is 14.4 Å². The average Bonchev–Trinajstić information content (AvgIpc) is 2.41. The van der Waals surface area contributed by atoms with Gasteiger partial charge in [0.15, 0.2) is 0 Å². The molecule has 0 saturated heterocycles. The van der Waals surface area contributed by atoms with Gasteiger partial charge in [-0.2, -0.15) is 0 Å². The molecule has 5 heteroatoms. The summed E-state index contributed by atoms with van der Waals surface area (Å²) in [5, 5.41) is 8.57. The predicted molar refractivity (Wildman–Crippen MR) is 75.5 cm³/mol. The number of rotatable bonds is 8. The van der Waals surface area contributed by atoms with E-state index in [2.05, 4.69) is 0 Å². The second-order valence-corrected chi connectivity index (χ2v) is 4.53. The number of hydrogen-bond acceptors (Lipinski definition) is 3. The maximum Gasteiger partial charge on any atom is 0.303 e. The standard InChI is InChI=1S/C15H19NO4/c1-2-4-14(18)16(11-17)13-9-7-12(8-10-13)5-3-6-15(19)20/h7-11H,2-6H2,1H3,(H,19,20). The molecule has 0 aliphatic carbocycles. The van der Waals surface area contributed by atoms with Crippen LogP contribution in [0.5, 0.6) is 0 Å². The zero-order chi connectivity index (χ0) is 15.0. The number of carbonyl (C=O) groups is 3. The smallest absolute Gasteiger partial charge is 0.303 e. The number of aliphatic carboxylic acids is 1. The molecule has 0 aliphatic heterocycles. The van der Waals surface area contributed by atoms with E-state index in [1.807, 2.05) is 19.1 Å². The lowest BCUT2D eigenvalue weighted by molar-refractivity contribution is -0.137. The number of hydrogen-bond donors (Lipinski definition) is 1. The van der Waals surface area contributed by atoms with Crippen molar-refractivity contribution in [2.45, 2.75) is 39.0 Å². The molecule has 0 heterocycles. The van der Waals surface area contributed by atoms with Crippen molar-refractivity contribution in [3.05, 3.63) is 29.8 Å². The van der Waals surface area contributed by atoms with Gasteiger partial charge in [0.05, 0.1) is 5.69 Å². The van der Waals surface area contributed by atoms with E-state index in [1.54, 1.807) is 12.1 Å². The molecule has 5 nitrogen and oxygen atoms in total. The summed E-state index contributed by atoms with van der Waals surface area (Å²) in [6.45, 7) is 1.88. The highest BCUT2D eigenvalue weighted by atomic mass is 16.4. The predicted octanol–water partition coefficient (Wildman–Crippen LogP) is 2.38. The zero-order valence-corrected chi connectivity index (χ0v) is 11.5. The molecular weight excluding hydrogens is 258 g/mol. The number of amides is 2. The first kappa shape index (κ1) is 15.9. The molecule has 0 bridgehead atoms. The maximum absolute atomic E-state index is 11.7. The SMILES string of the molecule is CCCC(=O)N(C=O)c1ccc(CCCC(=O)O)cc1. The molecule has 2 amide bonds. The first-order valence-electron chi connectivity index (χ1n) is 6.66. The summed E-state index contributed by atoms with van der Waals surface area (Å²) in [4.78, 5) is 34.3. The number of carboxylic acids is 1. The van der Waals surface area contributed by atoms with Gasteiger partial charge in [0.2, 0.25) is 12.3 Å². The molecule has 108 valence electrons. The minimum atomic E-state index is -0.807. The topological polar surface area (TPSA) is 74.7 Å². The Morgan fingerprint density at radius 3 is 2.35 bits per heavy atom. The summed E-state index contributed by atoms with van der Waals surface area (Å²) in [6.07, 6.45) is 2.92. The molecule has 0 radical (unpaired) electrons. The lowest BCUT2D eigenvalue weighted by Crippen LogP contribution is -2.28. The normalized spacial score (nSPS) is 10.1. The van der Waals surface area contributed by atoms with Crippen molar-refractivity contribution in [1.29, 1.82) is 0 Å². The monoisotopic (exact) mass is 277 g/mol. The van der Waals surface area contributed by atoms with Gasteiger partial charge in [-0.1, -0.05) is 19.1 Å². The van der Waals surface area contributed by atoms with Crippen molar-refractivity contribution in [2.24, 2.45) is 0 Å². The van der Waals surface area contributed by atoms with E-state index in [1.165, 1.54) is 0 Å². The Hall–Kier alpha value is -2.17. The van der Waals surface area contributed by atoms with Gasteiger partial charge in [-0.3, -0.25) is 19.3 Å². The molecule has 0 fully saturated rings. The highest BCUT2D eigenvalue weighted by Gasteiger charge is 2.13. The fraction of sp³-hybridized carbons (Fsp3) is 0.400. The van der Waals surface area contributed by atoms with E-state index in [4.69, 9.17) is 5.11 Å². The van der Waals surface area contributed by atoms with E-state index in [0.717, 1.165) is 10.5 Å². The highest BCUT2D eigenvalue weighted by molar-refractivity contribution is 6.06. The van der Waals surface area contributed by atoms with Crippen LogP contribution in [-0.4, -0.2) is 23.4 Å². The molecule has 20 heavy (non-hydrogen) atoms. The Bertz CT molecular complexity index is 467. The fourth-order valence-corrected chi connectivity index (χ4v) is 1.86. The molecule has 0 spiro atoms. The molecule has 0 atom stereocenters. The minimum Gasteiger partial charge on any atom is -0.481 e. The Kier molecular flexibility index (Phi) is 6.43. The second-order valence-electron chi connectivity index (χ2n) is 4.53. The number of nitrogens with zero attached hydrogens (tertiary/aromatic N) is 1. The lowest BCUT2D eigenvalue weighted by Gasteiger charge is -2.15. The van der Waals surface area contributed by atoms with E-state index < -0.39 is 5.97 Å². The van der Waals surface area contributed by atoms with E-state index in [-0.39, 0.29) is 12.3 Å². The van der Waals surface area contributed by atoms with Gasteiger partial charge in [0.1, 0.15) is 0 Å². The lowest BCUT2D eigenvalue weighted by atomic mass is 10.1. The Labute approximate surface area is 118 Å². The van der Waals surface area contributed by atoms with Gasteiger partial charge < -0.3 is 5.11 Å². The summed E-state index contributed by atoms with van der Waals surface area (Å²) >= 11 is 0. The zero-order valence-electron chi connectivity index (χ0n) is 11.5. The van der Waals surface area contributed by atoms with Crippen LogP contribution < -0.4 is 4.90 Å². The first-order valence-corrected chi connectivity index (χ1v) is 6.66. The largest absolute Gasteiger partial charge is 0.481 e. The van der Waals surface area contributed by atoms with Crippen molar-refractivity contribution < 1.29 is 19.5 Å². The minimum absolute atomic E-state index is 0.136. The summed E-state index contributed by atoms with van der Waals surface area (Å²) < 4.78 is 0. The Morgan fingerprint density at radius 1 is 1.20 bits per heavy atom. The van der Waals surface area contributed by atoms with Crippen LogP contribution in [0, 0.1) is 0 Å². The molecule has 1 aromatic rings. The number of carbonyl (C=O) groups excluding carboxylic acids is 2. The third-order valence-corrected chi connectivity index (χ3v) is 2.91. The molecule has 0 aromatic heterocycles. The van der Waals surface area contributed by atoms with Gasteiger partial charge in [-0.15, -0.1) is 0 Å². The van der Waals surface area contributed by atoms with Crippen LogP contribution >= 0.6 is 0 Å². The number of carboxylic acid groups (broad SMARTS) is 1. The fourth-order valence-electron chi connectivity index (χ4n) is 1.86. The summed E-state index contributed by atoms with van der Waals surface area (Å²) in [7, 11) is 0. The molecule has 1 N–H and O–H groups in total. The maximum atomic E-state index is 11.7. The van der Waals surface area contributed by atoms with Crippen molar-refractivity contribution >= 4 is 24.0 Å². The van der Waals surface area contributed by atoms with Crippen LogP contribution in [0.3, 0.4) is 0 Å². The highest BCUT2D eigenvalue weighted by Crippen LogP contribution is 2.16. The average molecular weight is 277 g/mol. The van der Waals surface area contributed by atoms with Crippen LogP contribution in [0.15, 0.2) is 24.3 Å². The van der Waals surface area contributed by atoms with Crippen LogP contribution in [0.1, 0.15) is 38.2 Å². The number of aryl methyl sites for hydroxylation is 1. The molecule has 0 saturated carbocycles. The Morgan fingerprint density at radius 2 is 1.85 bits per heavy atom. The van der Waals surface area contributed by atoms with Crippen molar-refractivity contribution in [3.63, 3.8) is 0 Å². The van der Waals surface area contributed by atoms with Crippen LogP contribution in [0.25, 0.3) is 0 Å². The summed E-state index contributed by atoms with van der Waals surface area (Å²) in [5.41, 5.74) is 1.53. The second kappa shape index (κ2) is 8.09. The Balaban J connectivity index is 2.66. The van der Waals surface area contributed by atoms with Gasteiger partial charge in [-0.25, -0.2) is 0 Å². The van der Waals surface area contributed by atoms with Crippen molar-refractivity contribution in [1.82, 2.24) is 0 Å². The van der Waals surface area contributed by atoms with Crippen LogP contribution in [0.4, 0.5) is 5.69 Å². The molecule has 1 rings (SSSR count). The van der Waals surface area contributed by atoms with Crippen LogP contribution in [-0.2, 0) is 20.8 Å². The first-order chi connectivity index (χ1) is 9.58. The molecule has 1 aromatic carbocycles. The molecule has 0 unspecified atom stereocenters. The number of imide groups is 1. The van der Waals surface area contributed by atoms with E-state index >= 15 is 0 Å². The van der Waals surface area contributed by atoms with Gasteiger partial charge in [0.25, 0.3) is 0 Å². The van der Waals surface area contributed by atoms with Gasteiger partial charge in [-0.05, 0) is 37.0 Å². The molecular formula is C15H19NO4. The van der Waals surface area contributed by atoms with E-state index in [0.29, 0.717) is 37.8 Å². The molecule has 0 aliphatic rings. The third kappa shape index (κ3) is 4.84. The van der Waals surface area contributed by atoms with Gasteiger partial charge >= 0.3 is 5.97 Å². The van der Waals surface area contributed by atoms with Crippen molar-refractivity contribution in [3.8, 4) is 0 Å². The van der Waals surface area contributed by atoms with Crippen molar-refractivity contribution in [2.75, 3.05) is 4.90 Å². The quantitative estimate of drug-likeness (QED) is 0.740. The summed E-state index contributed by atoms with van der Waals surface area (Å²) in [5.74, 6) is -1.03. The van der Waals surface area contributed by atoms with Gasteiger partial charge in [0, 0.05) is 12.8 Å².